The van der Waals surface area contributed by atoms with Crippen molar-refractivity contribution in [3.8, 4) is 6.07 Å². The van der Waals surface area contributed by atoms with Crippen molar-refractivity contribution < 1.29 is 17.6 Å². The molecule has 0 spiro atoms. The minimum Gasteiger partial charge on any atom is -0.397 e. The minimum atomic E-state index is -4.65. The standard InChI is InChI=1S/C7H7N3.C6H3F4N/c8-4-5-1-2-6(9)7(10)3-5;7-5-4(6(8,9)10)2-1-3-11-5/h1-3H,9-10H2;1-3H. The lowest BCUT2D eigenvalue weighted by Crippen LogP contribution is -2.08. The molecule has 0 atom stereocenters. The number of nitrogen functional groups attached to an aromatic ring is 2. The molecule has 0 saturated heterocycles. The van der Waals surface area contributed by atoms with Gasteiger partial charge in [0.1, 0.15) is 5.56 Å². The van der Waals surface area contributed by atoms with Gasteiger partial charge >= 0.3 is 6.18 Å². The quantitative estimate of drug-likeness (QED) is 0.444. The summed E-state index contributed by atoms with van der Waals surface area (Å²) in [7, 11) is 0. The third kappa shape index (κ3) is 4.65. The maximum atomic E-state index is 12.3. The Morgan fingerprint density at radius 1 is 1.10 bits per heavy atom. The summed E-state index contributed by atoms with van der Waals surface area (Å²) in [6.07, 6.45) is -3.69. The number of anilines is 2. The van der Waals surface area contributed by atoms with Gasteiger partial charge in [-0.25, -0.2) is 4.98 Å². The van der Waals surface area contributed by atoms with E-state index in [-0.39, 0.29) is 0 Å². The first kappa shape index (κ1) is 16.2. The Labute approximate surface area is 117 Å². The molecule has 1 heterocycles. The zero-order valence-corrected chi connectivity index (χ0v) is 10.5. The van der Waals surface area contributed by atoms with Crippen molar-refractivity contribution in [2.24, 2.45) is 0 Å². The van der Waals surface area contributed by atoms with Crippen LogP contribution >= 0.6 is 0 Å². The molecule has 2 aromatic rings. The van der Waals surface area contributed by atoms with E-state index in [2.05, 4.69) is 4.98 Å². The predicted molar refractivity (Wildman–Crippen MR) is 69.2 cm³/mol. The molecule has 0 fully saturated rings. The highest BCUT2D eigenvalue weighted by molar-refractivity contribution is 5.65. The third-order valence-corrected chi connectivity index (χ3v) is 2.28. The van der Waals surface area contributed by atoms with E-state index in [0.29, 0.717) is 23.0 Å². The maximum absolute atomic E-state index is 12.3. The van der Waals surface area contributed by atoms with Crippen molar-refractivity contribution in [2.45, 2.75) is 6.18 Å². The Kier molecular flexibility index (Phi) is 5.07. The van der Waals surface area contributed by atoms with E-state index in [1.165, 1.54) is 0 Å². The fourth-order valence-corrected chi connectivity index (χ4v) is 1.24. The van der Waals surface area contributed by atoms with Gasteiger partial charge in [-0.15, -0.1) is 0 Å². The van der Waals surface area contributed by atoms with Gasteiger partial charge in [0.15, 0.2) is 0 Å². The van der Waals surface area contributed by atoms with E-state index in [4.69, 9.17) is 16.7 Å². The van der Waals surface area contributed by atoms with Crippen LogP contribution in [0.4, 0.5) is 28.9 Å². The number of hydrogen-bond acceptors (Lipinski definition) is 4. The Morgan fingerprint density at radius 3 is 2.19 bits per heavy atom. The molecule has 0 aliphatic carbocycles. The average molecular weight is 298 g/mol. The Bertz CT molecular complexity index is 662. The van der Waals surface area contributed by atoms with Gasteiger partial charge in [0.25, 0.3) is 0 Å². The molecule has 0 aliphatic heterocycles. The van der Waals surface area contributed by atoms with Gasteiger partial charge in [-0.05, 0) is 30.3 Å². The van der Waals surface area contributed by atoms with Crippen molar-refractivity contribution in [3.63, 3.8) is 0 Å². The fraction of sp³-hybridized carbons (Fsp3) is 0.0769. The average Bonchev–Trinajstić information content (AvgIpc) is 2.42. The molecule has 0 bridgehead atoms. The van der Waals surface area contributed by atoms with E-state index in [1.54, 1.807) is 18.2 Å². The zero-order chi connectivity index (χ0) is 16.0. The zero-order valence-electron chi connectivity index (χ0n) is 10.5. The molecule has 110 valence electrons. The van der Waals surface area contributed by atoms with Crippen LogP contribution in [0.25, 0.3) is 0 Å². The summed E-state index contributed by atoms with van der Waals surface area (Å²) in [6, 6.07) is 8.43. The van der Waals surface area contributed by atoms with E-state index < -0.39 is 17.7 Å². The topological polar surface area (TPSA) is 88.7 Å². The van der Waals surface area contributed by atoms with E-state index in [9.17, 15) is 17.6 Å². The Balaban J connectivity index is 0.000000211. The molecule has 21 heavy (non-hydrogen) atoms. The molecule has 0 unspecified atom stereocenters. The van der Waals surface area contributed by atoms with Crippen LogP contribution in [-0.2, 0) is 6.18 Å². The van der Waals surface area contributed by atoms with Gasteiger partial charge in [0.05, 0.1) is 23.0 Å². The van der Waals surface area contributed by atoms with Crippen LogP contribution in [0.1, 0.15) is 11.1 Å². The number of benzene rings is 1. The largest absolute Gasteiger partial charge is 0.420 e. The number of hydrogen-bond donors (Lipinski definition) is 2. The summed E-state index contributed by atoms with van der Waals surface area (Å²) in [6.45, 7) is 0. The minimum absolute atomic E-state index is 0.457. The highest BCUT2D eigenvalue weighted by atomic mass is 19.4. The van der Waals surface area contributed by atoms with Crippen LogP contribution in [0.3, 0.4) is 0 Å². The molecular weight excluding hydrogens is 288 g/mol. The summed E-state index contributed by atoms with van der Waals surface area (Å²) >= 11 is 0. The second-order valence-electron chi connectivity index (χ2n) is 3.80. The van der Waals surface area contributed by atoms with Crippen LogP contribution in [0.15, 0.2) is 36.5 Å². The van der Waals surface area contributed by atoms with Gasteiger partial charge in [0, 0.05) is 6.20 Å². The Hall–Kier alpha value is -2.82. The number of nitriles is 1. The lowest BCUT2D eigenvalue weighted by Gasteiger charge is -2.04. The van der Waals surface area contributed by atoms with Gasteiger partial charge < -0.3 is 11.5 Å². The summed E-state index contributed by atoms with van der Waals surface area (Å²) in [4.78, 5) is 2.86. The second kappa shape index (κ2) is 6.56. The molecule has 4 nitrogen and oxygen atoms in total. The van der Waals surface area contributed by atoms with Crippen molar-refractivity contribution >= 4 is 11.4 Å². The van der Waals surface area contributed by atoms with Crippen molar-refractivity contribution in [1.82, 2.24) is 4.98 Å². The number of aromatic nitrogens is 1. The molecule has 0 saturated carbocycles. The number of nitrogens with two attached hydrogens (primary N) is 2. The van der Waals surface area contributed by atoms with E-state index in [0.717, 1.165) is 12.3 Å². The molecule has 0 radical (unpaired) electrons. The molecular formula is C13H10F4N4. The monoisotopic (exact) mass is 298 g/mol. The lowest BCUT2D eigenvalue weighted by atomic mass is 10.2. The van der Waals surface area contributed by atoms with E-state index in [1.807, 2.05) is 6.07 Å². The second-order valence-corrected chi connectivity index (χ2v) is 3.80. The molecule has 1 aromatic heterocycles. The highest BCUT2D eigenvalue weighted by Crippen LogP contribution is 2.29. The molecule has 2 rings (SSSR count). The number of halogens is 4. The van der Waals surface area contributed by atoms with Crippen LogP contribution < -0.4 is 11.5 Å². The molecule has 4 N–H and O–H groups in total. The number of rotatable bonds is 0. The summed E-state index contributed by atoms with van der Waals surface area (Å²) < 4.78 is 47.6. The normalized spacial score (nSPS) is 10.2. The lowest BCUT2D eigenvalue weighted by molar-refractivity contribution is -0.140. The number of nitrogens with zero attached hydrogens (tertiary/aromatic N) is 2. The fourth-order valence-electron chi connectivity index (χ4n) is 1.24. The molecule has 8 heteroatoms. The molecule has 1 aromatic carbocycles. The van der Waals surface area contributed by atoms with Crippen molar-refractivity contribution in [2.75, 3.05) is 11.5 Å². The Morgan fingerprint density at radius 2 is 1.76 bits per heavy atom. The summed E-state index contributed by atoms with van der Waals surface area (Å²) in [5, 5.41) is 8.41. The van der Waals surface area contributed by atoms with E-state index >= 15 is 0 Å². The van der Waals surface area contributed by atoms with Crippen LogP contribution in [0.2, 0.25) is 0 Å². The van der Waals surface area contributed by atoms with Crippen LogP contribution in [0, 0.1) is 17.3 Å². The van der Waals surface area contributed by atoms with Crippen molar-refractivity contribution in [3.05, 3.63) is 53.6 Å². The third-order valence-electron chi connectivity index (χ3n) is 2.28. The molecule has 0 amide bonds. The predicted octanol–water partition coefficient (Wildman–Crippen LogP) is 2.96. The van der Waals surface area contributed by atoms with Gasteiger partial charge in [0.2, 0.25) is 5.95 Å². The summed E-state index contributed by atoms with van der Waals surface area (Å²) in [5.41, 5.74) is 11.0. The van der Waals surface area contributed by atoms with Crippen LogP contribution in [-0.4, -0.2) is 4.98 Å². The van der Waals surface area contributed by atoms with Gasteiger partial charge in [-0.1, -0.05) is 0 Å². The van der Waals surface area contributed by atoms with Crippen LogP contribution in [0.5, 0.6) is 0 Å². The SMILES string of the molecule is Fc1ncccc1C(F)(F)F.N#Cc1ccc(N)c(N)c1. The number of alkyl halides is 3. The number of pyridine rings is 1. The smallest absolute Gasteiger partial charge is 0.397 e. The first-order valence-corrected chi connectivity index (χ1v) is 5.48. The van der Waals surface area contributed by atoms with Crippen molar-refractivity contribution in [1.29, 1.82) is 5.26 Å². The summed E-state index contributed by atoms with van der Waals surface area (Å²) in [5.74, 6) is -1.49. The molecule has 0 aliphatic rings. The van der Waals surface area contributed by atoms with Gasteiger partial charge in [-0.3, -0.25) is 0 Å². The first-order valence-electron chi connectivity index (χ1n) is 5.48. The highest BCUT2D eigenvalue weighted by Gasteiger charge is 2.34. The first-order chi connectivity index (χ1) is 9.75. The maximum Gasteiger partial charge on any atom is 0.420 e. The van der Waals surface area contributed by atoms with Gasteiger partial charge in [-0.2, -0.15) is 22.8 Å².